The van der Waals surface area contributed by atoms with E-state index in [1.54, 1.807) is 25.2 Å². The Morgan fingerprint density at radius 3 is 2.73 bits per heavy atom. The molecule has 1 amide bonds. The fourth-order valence-electron chi connectivity index (χ4n) is 3.53. The largest absolute Gasteiger partial charge is 0.484 e. The van der Waals surface area contributed by atoms with Crippen LogP contribution in [0.25, 0.3) is 11.0 Å². The summed E-state index contributed by atoms with van der Waals surface area (Å²) < 4.78 is 10.8. The molecule has 1 aliphatic rings. The van der Waals surface area contributed by atoms with Gasteiger partial charge in [0.1, 0.15) is 16.9 Å². The van der Waals surface area contributed by atoms with Gasteiger partial charge in [-0.2, -0.15) is 5.26 Å². The number of ether oxygens (including phenoxy) is 1. The summed E-state index contributed by atoms with van der Waals surface area (Å²) in [5.41, 5.74) is 0.101. The highest BCUT2D eigenvalue weighted by Gasteiger charge is 2.38. The SMILES string of the molecule is Cc1cc(=O)oc2cc(OCC(=O)N(C)C3(C#N)CCCCC3)ccc12. The molecule has 1 aromatic carbocycles. The van der Waals surface area contributed by atoms with Crippen LogP contribution in [0.5, 0.6) is 5.75 Å². The smallest absolute Gasteiger partial charge is 0.336 e. The Labute approximate surface area is 152 Å². The van der Waals surface area contributed by atoms with Crippen molar-refractivity contribution >= 4 is 16.9 Å². The second-order valence-electron chi connectivity index (χ2n) is 6.85. The van der Waals surface area contributed by atoms with E-state index in [4.69, 9.17) is 9.15 Å². The molecule has 6 heteroatoms. The van der Waals surface area contributed by atoms with Crippen molar-refractivity contribution in [2.45, 2.75) is 44.6 Å². The molecule has 0 saturated heterocycles. The quantitative estimate of drug-likeness (QED) is 0.788. The van der Waals surface area contributed by atoms with Crippen molar-refractivity contribution in [2.24, 2.45) is 0 Å². The standard InChI is InChI=1S/C20H22N2O4/c1-14-10-19(24)26-17-11-15(6-7-16(14)17)25-12-18(23)22(2)20(13-21)8-4-3-5-9-20/h6-7,10-11H,3-5,8-9,12H2,1-2H3. The Bertz CT molecular complexity index is 920. The molecule has 3 rings (SSSR count). The summed E-state index contributed by atoms with van der Waals surface area (Å²) in [6.07, 6.45) is 4.41. The number of fused-ring (bicyclic) bond motifs is 1. The maximum Gasteiger partial charge on any atom is 0.336 e. The number of aryl methyl sites for hydroxylation is 1. The van der Waals surface area contributed by atoms with Crippen molar-refractivity contribution < 1.29 is 13.9 Å². The van der Waals surface area contributed by atoms with Gasteiger partial charge >= 0.3 is 5.63 Å². The lowest BCUT2D eigenvalue weighted by atomic mass is 9.81. The second-order valence-corrected chi connectivity index (χ2v) is 6.85. The molecule has 1 heterocycles. The van der Waals surface area contributed by atoms with Gasteiger partial charge in [0.15, 0.2) is 6.61 Å². The van der Waals surface area contributed by atoms with E-state index in [1.807, 2.05) is 6.92 Å². The number of carbonyl (C=O) groups is 1. The predicted octanol–water partition coefficient (Wildman–Crippen LogP) is 3.17. The number of hydrogen-bond donors (Lipinski definition) is 0. The number of rotatable bonds is 4. The lowest BCUT2D eigenvalue weighted by Crippen LogP contribution is -2.51. The van der Waals surface area contributed by atoms with Crippen LogP contribution in [0.15, 0.2) is 33.5 Å². The molecule has 136 valence electrons. The summed E-state index contributed by atoms with van der Waals surface area (Å²) >= 11 is 0. The van der Waals surface area contributed by atoms with Gasteiger partial charge in [0.05, 0.1) is 6.07 Å². The first-order valence-corrected chi connectivity index (χ1v) is 8.80. The molecule has 26 heavy (non-hydrogen) atoms. The highest BCUT2D eigenvalue weighted by atomic mass is 16.5. The first-order chi connectivity index (χ1) is 12.4. The molecule has 1 aromatic heterocycles. The van der Waals surface area contributed by atoms with Crippen molar-refractivity contribution in [3.8, 4) is 11.8 Å². The van der Waals surface area contributed by atoms with Crippen LogP contribution in [0.1, 0.15) is 37.7 Å². The Morgan fingerprint density at radius 2 is 2.04 bits per heavy atom. The van der Waals surface area contributed by atoms with Gasteiger partial charge in [0.2, 0.25) is 0 Å². The summed E-state index contributed by atoms with van der Waals surface area (Å²) in [6.45, 7) is 1.67. The third kappa shape index (κ3) is 3.43. The molecule has 0 atom stereocenters. The number of benzene rings is 1. The Balaban J connectivity index is 1.72. The Kier molecular flexibility index (Phi) is 4.99. The molecule has 0 aliphatic heterocycles. The normalized spacial score (nSPS) is 16.0. The lowest BCUT2D eigenvalue weighted by Gasteiger charge is -2.38. The second kappa shape index (κ2) is 7.20. The maximum absolute atomic E-state index is 12.5. The van der Waals surface area contributed by atoms with Gasteiger partial charge in [-0.25, -0.2) is 4.79 Å². The summed E-state index contributed by atoms with van der Waals surface area (Å²) in [6, 6.07) is 8.92. The van der Waals surface area contributed by atoms with E-state index in [0.29, 0.717) is 24.2 Å². The zero-order chi connectivity index (χ0) is 18.7. The molecular formula is C20H22N2O4. The van der Waals surface area contributed by atoms with Gasteiger partial charge in [0.25, 0.3) is 5.91 Å². The van der Waals surface area contributed by atoms with Gasteiger partial charge in [-0.3, -0.25) is 4.79 Å². The van der Waals surface area contributed by atoms with Gasteiger partial charge < -0.3 is 14.1 Å². The third-order valence-corrected chi connectivity index (χ3v) is 5.19. The van der Waals surface area contributed by atoms with E-state index in [9.17, 15) is 14.9 Å². The van der Waals surface area contributed by atoms with Crippen molar-refractivity contribution in [1.82, 2.24) is 4.90 Å². The Morgan fingerprint density at radius 1 is 1.31 bits per heavy atom. The molecule has 1 aliphatic carbocycles. The lowest BCUT2D eigenvalue weighted by molar-refractivity contribution is -0.137. The van der Waals surface area contributed by atoms with E-state index in [2.05, 4.69) is 6.07 Å². The molecule has 0 radical (unpaired) electrons. The first kappa shape index (κ1) is 18.0. The monoisotopic (exact) mass is 354 g/mol. The number of nitriles is 1. The van der Waals surface area contributed by atoms with Crippen molar-refractivity contribution in [3.05, 3.63) is 40.2 Å². The zero-order valence-electron chi connectivity index (χ0n) is 15.1. The van der Waals surface area contributed by atoms with E-state index < -0.39 is 11.2 Å². The Hall–Kier alpha value is -2.81. The summed E-state index contributed by atoms with van der Waals surface area (Å²) in [5.74, 6) is 0.210. The number of hydrogen-bond acceptors (Lipinski definition) is 5. The predicted molar refractivity (Wildman–Crippen MR) is 96.9 cm³/mol. The van der Waals surface area contributed by atoms with Crippen molar-refractivity contribution in [3.63, 3.8) is 0 Å². The number of likely N-dealkylation sites (N-methyl/N-ethyl adjacent to an activating group) is 1. The molecule has 0 bridgehead atoms. The molecule has 1 saturated carbocycles. The molecule has 6 nitrogen and oxygen atoms in total. The van der Waals surface area contributed by atoms with E-state index in [1.165, 1.54) is 11.0 Å². The number of nitrogens with zero attached hydrogens (tertiary/aromatic N) is 2. The van der Waals surface area contributed by atoms with Gasteiger partial charge in [-0.1, -0.05) is 19.3 Å². The highest BCUT2D eigenvalue weighted by Crippen LogP contribution is 2.32. The minimum atomic E-state index is -0.730. The summed E-state index contributed by atoms with van der Waals surface area (Å²) in [4.78, 5) is 25.6. The molecule has 0 unspecified atom stereocenters. The van der Waals surface area contributed by atoms with Crippen LogP contribution in [0, 0.1) is 18.3 Å². The third-order valence-electron chi connectivity index (χ3n) is 5.19. The van der Waals surface area contributed by atoms with Crippen molar-refractivity contribution in [1.29, 1.82) is 5.26 Å². The van der Waals surface area contributed by atoms with Crippen LogP contribution in [0.3, 0.4) is 0 Å². The minimum Gasteiger partial charge on any atom is -0.484 e. The molecule has 2 aromatic rings. The molecular weight excluding hydrogens is 332 g/mol. The fourth-order valence-corrected chi connectivity index (χ4v) is 3.53. The fraction of sp³-hybridized carbons (Fsp3) is 0.450. The van der Waals surface area contributed by atoms with Gasteiger partial charge in [-0.05, 0) is 37.5 Å². The van der Waals surface area contributed by atoms with E-state index in [-0.39, 0.29) is 12.5 Å². The maximum atomic E-state index is 12.5. The average Bonchev–Trinajstić information content (AvgIpc) is 2.65. The van der Waals surface area contributed by atoms with Crippen LogP contribution in [-0.4, -0.2) is 30.0 Å². The van der Waals surface area contributed by atoms with E-state index >= 15 is 0 Å². The van der Waals surface area contributed by atoms with Crippen molar-refractivity contribution in [2.75, 3.05) is 13.7 Å². The zero-order valence-corrected chi connectivity index (χ0v) is 15.1. The van der Waals surface area contributed by atoms with E-state index in [0.717, 1.165) is 30.2 Å². The molecule has 0 spiro atoms. The first-order valence-electron chi connectivity index (χ1n) is 8.80. The number of amides is 1. The number of carbonyl (C=O) groups excluding carboxylic acids is 1. The van der Waals surface area contributed by atoms with Crippen LogP contribution in [0.2, 0.25) is 0 Å². The minimum absolute atomic E-state index is 0.165. The summed E-state index contributed by atoms with van der Waals surface area (Å²) in [5, 5.41) is 10.4. The van der Waals surface area contributed by atoms with Crippen LogP contribution in [0.4, 0.5) is 0 Å². The van der Waals surface area contributed by atoms with Gasteiger partial charge in [-0.15, -0.1) is 0 Å². The molecule has 0 N–H and O–H groups in total. The average molecular weight is 354 g/mol. The topological polar surface area (TPSA) is 83.5 Å². The van der Waals surface area contributed by atoms with Crippen LogP contribution in [-0.2, 0) is 4.79 Å². The summed E-state index contributed by atoms with van der Waals surface area (Å²) in [7, 11) is 1.67. The molecule has 1 fully saturated rings. The highest BCUT2D eigenvalue weighted by molar-refractivity contribution is 5.82. The van der Waals surface area contributed by atoms with Gasteiger partial charge in [0, 0.05) is 24.6 Å². The van der Waals surface area contributed by atoms with Crippen LogP contribution < -0.4 is 10.4 Å². The van der Waals surface area contributed by atoms with Crippen LogP contribution >= 0.6 is 0 Å².